The Labute approximate surface area is 171 Å². The molecular formula is C21H24FN3O3S. The van der Waals surface area contributed by atoms with Crippen molar-refractivity contribution in [2.24, 2.45) is 0 Å². The zero-order valence-electron chi connectivity index (χ0n) is 16.8. The van der Waals surface area contributed by atoms with Gasteiger partial charge in [0.2, 0.25) is 5.91 Å². The highest BCUT2D eigenvalue weighted by Crippen LogP contribution is 2.18. The van der Waals surface area contributed by atoms with Gasteiger partial charge in [-0.3, -0.25) is 14.2 Å². The molecule has 1 amide bonds. The quantitative estimate of drug-likeness (QED) is 0.592. The number of amides is 1. The Morgan fingerprint density at radius 2 is 1.97 bits per heavy atom. The first-order valence-electron chi connectivity index (χ1n) is 9.66. The number of halogens is 1. The van der Waals surface area contributed by atoms with Gasteiger partial charge in [0.05, 0.1) is 11.2 Å². The van der Waals surface area contributed by atoms with Crippen LogP contribution < -0.4 is 11.2 Å². The highest BCUT2D eigenvalue weighted by atomic mass is 32.1. The van der Waals surface area contributed by atoms with E-state index in [1.54, 1.807) is 23.3 Å². The van der Waals surface area contributed by atoms with Crippen LogP contribution in [0, 0.1) is 12.7 Å². The molecule has 0 radical (unpaired) electrons. The van der Waals surface area contributed by atoms with Crippen LogP contribution in [0.1, 0.15) is 32.3 Å². The lowest BCUT2D eigenvalue weighted by Gasteiger charge is -2.22. The summed E-state index contributed by atoms with van der Waals surface area (Å²) >= 11 is 1.22. The molecule has 3 aromatic rings. The van der Waals surface area contributed by atoms with Crippen LogP contribution in [-0.4, -0.2) is 33.0 Å². The molecule has 2 aromatic heterocycles. The van der Waals surface area contributed by atoms with E-state index in [4.69, 9.17) is 0 Å². The zero-order chi connectivity index (χ0) is 21.1. The molecule has 0 N–H and O–H groups in total. The summed E-state index contributed by atoms with van der Waals surface area (Å²) in [6, 6.07) is 5.59. The highest BCUT2D eigenvalue weighted by Gasteiger charge is 2.20. The van der Waals surface area contributed by atoms with Crippen LogP contribution in [0.2, 0.25) is 0 Å². The van der Waals surface area contributed by atoms with Crippen LogP contribution in [0.3, 0.4) is 0 Å². The largest absolute Gasteiger partial charge is 0.341 e. The molecule has 0 saturated heterocycles. The Kier molecular flexibility index (Phi) is 6.32. The second-order valence-corrected chi connectivity index (χ2v) is 7.82. The third-order valence-corrected chi connectivity index (χ3v) is 5.86. The summed E-state index contributed by atoms with van der Waals surface area (Å²) < 4.78 is 16.3. The Bertz CT molecular complexity index is 1160. The molecule has 0 aliphatic rings. The number of carbonyl (C=O) groups excluding carboxylic acids is 1. The van der Waals surface area contributed by atoms with Crippen molar-refractivity contribution in [2.75, 3.05) is 13.1 Å². The van der Waals surface area contributed by atoms with E-state index < -0.39 is 17.1 Å². The second kappa shape index (κ2) is 8.73. The van der Waals surface area contributed by atoms with Crippen LogP contribution in [0.5, 0.6) is 0 Å². The smallest absolute Gasteiger partial charge is 0.336 e. The summed E-state index contributed by atoms with van der Waals surface area (Å²) in [4.78, 5) is 40.8. The van der Waals surface area contributed by atoms with Crippen molar-refractivity contribution in [1.82, 2.24) is 14.0 Å². The number of aryl methyl sites for hydroxylation is 1. The lowest BCUT2D eigenvalue weighted by molar-refractivity contribution is -0.131. The van der Waals surface area contributed by atoms with Crippen LogP contribution in [0.4, 0.5) is 4.39 Å². The third kappa shape index (κ3) is 4.03. The van der Waals surface area contributed by atoms with Gasteiger partial charge in [-0.15, -0.1) is 11.3 Å². The first kappa shape index (κ1) is 21.0. The molecule has 0 atom stereocenters. The summed E-state index contributed by atoms with van der Waals surface area (Å²) in [5, 5.41) is 1.73. The topological polar surface area (TPSA) is 64.3 Å². The fourth-order valence-electron chi connectivity index (χ4n) is 3.37. The number of rotatable bonds is 7. The van der Waals surface area contributed by atoms with E-state index in [0.29, 0.717) is 34.6 Å². The number of nitrogens with zero attached hydrogens (tertiary/aromatic N) is 3. The number of likely N-dealkylation sites (N-methyl/N-ethyl adjacent to an activating group) is 1. The van der Waals surface area contributed by atoms with Crippen molar-refractivity contribution >= 4 is 27.5 Å². The Balaban J connectivity index is 2.16. The van der Waals surface area contributed by atoms with Gasteiger partial charge in [0.15, 0.2) is 0 Å². The first-order chi connectivity index (χ1) is 13.9. The SMILES string of the molecule is CCCCN(CC)C(=O)Cn1c(=O)n(-c2ccc(F)cc2C)c(=O)c2sccc21. The normalized spacial score (nSPS) is 11.2. The number of benzene rings is 1. The van der Waals surface area contributed by atoms with Crippen LogP contribution in [0.15, 0.2) is 39.2 Å². The summed E-state index contributed by atoms with van der Waals surface area (Å²) in [6.45, 7) is 6.63. The van der Waals surface area contributed by atoms with Crippen LogP contribution in [-0.2, 0) is 11.3 Å². The minimum atomic E-state index is -0.601. The molecule has 0 aliphatic carbocycles. The molecule has 2 heterocycles. The van der Waals surface area contributed by atoms with E-state index in [0.717, 1.165) is 17.4 Å². The minimum Gasteiger partial charge on any atom is -0.341 e. The molecule has 8 heteroatoms. The number of hydrogen-bond acceptors (Lipinski definition) is 4. The number of thiophene rings is 1. The molecule has 154 valence electrons. The monoisotopic (exact) mass is 417 g/mol. The van der Waals surface area contributed by atoms with Crippen LogP contribution >= 0.6 is 11.3 Å². The van der Waals surface area contributed by atoms with E-state index in [2.05, 4.69) is 6.92 Å². The van der Waals surface area contributed by atoms with E-state index in [-0.39, 0.29) is 12.5 Å². The molecule has 3 rings (SSSR count). The first-order valence-corrected chi connectivity index (χ1v) is 10.5. The van der Waals surface area contributed by atoms with Gasteiger partial charge in [-0.2, -0.15) is 0 Å². The maximum Gasteiger partial charge on any atom is 0.336 e. The summed E-state index contributed by atoms with van der Waals surface area (Å²) in [7, 11) is 0. The Hall–Kier alpha value is -2.74. The highest BCUT2D eigenvalue weighted by molar-refractivity contribution is 7.17. The summed E-state index contributed by atoms with van der Waals surface area (Å²) in [6.07, 6.45) is 1.85. The number of aromatic nitrogens is 2. The van der Waals surface area contributed by atoms with Gasteiger partial charge >= 0.3 is 5.69 Å². The average molecular weight is 418 g/mol. The van der Waals surface area contributed by atoms with Gasteiger partial charge in [0.25, 0.3) is 5.56 Å². The lowest BCUT2D eigenvalue weighted by Crippen LogP contribution is -2.43. The molecule has 0 aliphatic heterocycles. The minimum absolute atomic E-state index is 0.149. The van der Waals surface area contributed by atoms with Gasteiger partial charge in [0.1, 0.15) is 17.1 Å². The van der Waals surface area contributed by atoms with Crippen LogP contribution in [0.25, 0.3) is 15.9 Å². The van der Waals surface area contributed by atoms with Crippen molar-refractivity contribution in [3.05, 3.63) is 61.9 Å². The number of carbonyl (C=O) groups is 1. The summed E-state index contributed by atoms with van der Waals surface area (Å²) in [5.74, 6) is -0.613. The van der Waals surface area contributed by atoms with Gasteiger partial charge in [-0.25, -0.2) is 13.8 Å². The molecule has 0 spiro atoms. The fraction of sp³-hybridized carbons (Fsp3) is 0.381. The third-order valence-electron chi connectivity index (χ3n) is 4.96. The molecule has 0 bridgehead atoms. The van der Waals surface area contributed by atoms with Crippen molar-refractivity contribution in [3.63, 3.8) is 0 Å². The zero-order valence-corrected chi connectivity index (χ0v) is 17.6. The van der Waals surface area contributed by atoms with E-state index in [1.165, 1.54) is 34.1 Å². The number of fused-ring (bicyclic) bond motifs is 1. The van der Waals surface area contributed by atoms with E-state index in [9.17, 15) is 18.8 Å². The van der Waals surface area contributed by atoms with E-state index in [1.807, 2.05) is 6.92 Å². The van der Waals surface area contributed by atoms with Crippen molar-refractivity contribution in [2.45, 2.75) is 40.2 Å². The summed E-state index contributed by atoms with van der Waals surface area (Å²) in [5.41, 5.74) is 0.167. The lowest BCUT2D eigenvalue weighted by atomic mass is 10.2. The molecule has 0 unspecified atom stereocenters. The van der Waals surface area contributed by atoms with E-state index >= 15 is 0 Å². The van der Waals surface area contributed by atoms with Gasteiger partial charge in [-0.1, -0.05) is 13.3 Å². The predicted molar refractivity (Wildman–Crippen MR) is 114 cm³/mol. The Morgan fingerprint density at radius 1 is 1.21 bits per heavy atom. The molecule has 0 saturated carbocycles. The molecule has 0 fully saturated rings. The standard InChI is InChI=1S/C21H24FN3O3S/c1-4-6-10-23(5-2)18(26)13-24-17-9-11-29-19(17)20(27)25(21(24)28)16-8-7-15(22)12-14(16)3/h7-9,11-12H,4-6,10,13H2,1-3H3. The van der Waals surface area contributed by atoms with Crippen molar-refractivity contribution in [1.29, 1.82) is 0 Å². The number of unbranched alkanes of at least 4 members (excludes halogenated alkanes) is 1. The van der Waals surface area contributed by atoms with Gasteiger partial charge in [0, 0.05) is 13.1 Å². The van der Waals surface area contributed by atoms with Gasteiger partial charge < -0.3 is 4.90 Å². The average Bonchev–Trinajstić information content (AvgIpc) is 3.17. The fourth-order valence-corrected chi connectivity index (χ4v) is 4.19. The molecule has 6 nitrogen and oxygen atoms in total. The maximum absolute atomic E-state index is 13.5. The maximum atomic E-state index is 13.5. The second-order valence-electron chi connectivity index (χ2n) is 6.90. The Morgan fingerprint density at radius 3 is 2.62 bits per heavy atom. The van der Waals surface area contributed by atoms with Gasteiger partial charge in [-0.05, 0) is 55.5 Å². The molecular weight excluding hydrogens is 393 g/mol. The predicted octanol–water partition coefficient (Wildman–Crippen LogP) is 3.31. The van der Waals surface area contributed by atoms with Crippen molar-refractivity contribution < 1.29 is 9.18 Å². The molecule has 1 aromatic carbocycles. The van der Waals surface area contributed by atoms with Crippen molar-refractivity contribution in [3.8, 4) is 5.69 Å². The number of hydrogen-bond donors (Lipinski definition) is 0. The molecule has 29 heavy (non-hydrogen) atoms.